The Kier molecular flexibility index (Phi) is 3.61. The third kappa shape index (κ3) is 2.34. The van der Waals surface area contributed by atoms with Gasteiger partial charge in [0.2, 0.25) is 5.56 Å². The Labute approximate surface area is 129 Å². The van der Waals surface area contributed by atoms with Crippen LogP contribution in [0.25, 0.3) is 0 Å². The predicted molar refractivity (Wildman–Crippen MR) is 86.1 cm³/mol. The number of carbonyl (C=O) groups is 1. The second-order valence-electron chi connectivity index (χ2n) is 6.06. The van der Waals surface area contributed by atoms with Gasteiger partial charge in [0.25, 0.3) is 5.91 Å². The standard InChI is InChI=1S/C18H20N2O2/c1-3-18(14-7-5-4-6-8-14)11-20(12-18)17(22)15-10-19-16(21)9-13(15)2/h4-10H,3,11-12H2,1-2H3,(H,19,21). The Hall–Kier alpha value is -2.36. The van der Waals surface area contributed by atoms with Gasteiger partial charge in [-0.15, -0.1) is 0 Å². The second kappa shape index (κ2) is 5.44. The van der Waals surface area contributed by atoms with Crippen LogP contribution >= 0.6 is 0 Å². The monoisotopic (exact) mass is 296 g/mol. The molecule has 1 amide bonds. The molecule has 1 aliphatic rings. The van der Waals surface area contributed by atoms with Gasteiger partial charge in [-0.1, -0.05) is 37.3 Å². The molecule has 1 aliphatic heterocycles. The quantitative estimate of drug-likeness (QED) is 0.946. The molecule has 4 nitrogen and oxygen atoms in total. The van der Waals surface area contributed by atoms with E-state index in [9.17, 15) is 9.59 Å². The van der Waals surface area contributed by atoms with Crippen molar-refractivity contribution in [3.05, 3.63) is 69.6 Å². The number of carbonyl (C=O) groups excluding carboxylic acids is 1. The van der Waals surface area contributed by atoms with E-state index >= 15 is 0 Å². The molecule has 1 N–H and O–H groups in total. The number of aromatic amines is 1. The van der Waals surface area contributed by atoms with Crippen LogP contribution in [0.3, 0.4) is 0 Å². The van der Waals surface area contributed by atoms with Crippen LogP contribution in [0, 0.1) is 6.92 Å². The molecule has 2 heterocycles. The second-order valence-corrected chi connectivity index (χ2v) is 6.06. The number of nitrogens with one attached hydrogen (secondary N) is 1. The molecular formula is C18H20N2O2. The number of benzene rings is 1. The summed E-state index contributed by atoms with van der Waals surface area (Å²) in [6, 6.07) is 11.8. The highest BCUT2D eigenvalue weighted by molar-refractivity contribution is 5.96. The zero-order valence-corrected chi connectivity index (χ0v) is 12.9. The van der Waals surface area contributed by atoms with E-state index in [0.29, 0.717) is 5.56 Å². The van der Waals surface area contributed by atoms with Crippen molar-refractivity contribution < 1.29 is 4.79 Å². The van der Waals surface area contributed by atoms with Gasteiger partial charge in [-0.25, -0.2) is 0 Å². The molecule has 3 rings (SSSR count). The zero-order valence-electron chi connectivity index (χ0n) is 12.9. The fraction of sp³-hybridized carbons (Fsp3) is 0.333. The van der Waals surface area contributed by atoms with Gasteiger partial charge >= 0.3 is 0 Å². The molecule has 0 spiro atoms. The van der Waals surface area contributed by atoms with Crippen LogP contribution in [0.5, 0.6) is 0 Å². The maximum Gasteiger partial charge on any atom is 0.255 e. The first-order valence-electron chi connectivity index (χ1n) is 7.60. The van der Waals surface area contributed by atoms with E-state index < -0.39 is 0 Å². The van der Waals surface area contributed by atoms with Crippen molar-refractivity contribution >= 4 is 5.91 Å². The minimum absolute atomic E-state index is 0.00578. The fourth-order valence-corrected chi connectivity index (χ4v) is 3.20. The number of likely N-dealkylation sites (tertiary alicyclic amines) is 1. The van der Waals surface area contributed by atoms with E-state index in [1.807, 2.05) is 23.1 Å². The summed E-state index contributed by atoms with van der Waals surface area (Å²) in [5, 5.41) is 0. The minimum Gasteiger partial charge on any atom is -0.337 e. The molecule has 1 fully saturated rings. The van der Waals surface area contributed by atoms with Gasteiger partial charge in [0.1, 0.15) is 0 Å². The highest BCUT2D eigenvalue weighted by Gasteiger charge is 2.45. The highest BCUT2D eigenvalue weighted by Crippen LogP contribution is 2.38. The normalized spacial score (nSPS) is 16.2. The minimum atomic E-state index is -0.176. The molecule has 1 aromatic heterocycles. The lowest BCUT2D eigenvalue weighted by Gasteiger charge is -2.50. The van der Waals surface area contributed by atoms with Gasteiger partial charge < -0.3 is 9.88 Å². The van der Waals surface area contributed by atoms with Crippen molar-refractivity contribution in [2.45, 2.75) is 25.7 Å². The van der Waals surface area contributed by atoms with Crippen molar-refractivity contribution in [1.82, 2.24) is 9.88 Å². The molecule has 0 aliphatic carbocycles. The van der Waals surface area contributed by atoms with Crippen LogP contribution in [-0.4, -0.2) is 28.9 Å². The van der Waals surface area contributed by atoms with Crippen LogP contribution in [0.15, 0.2) is 47.4 Å². The van der Waals surface area contributed by atoms with E-state index in [1.54, 1.807) is 6.92 Å². The molecule has 22 heavy (non-hydrogen) atoms. The number of pyridine rings is 1. The van der Waals surface area contributed by atoms with Gasteiger partial charge in [0.15, 0.2) is 0 Å². The molecular weight excluding hydrogens is 276 g/mol. The summed E-state index contributed by atoms with van der Waals surface area (Å²) in [6.45, 7) is 5.42. The summed E-state index contributed by atoms with van der Waals surface area (Å²) in [6.07, 6.45) is 2.53. The molecule has 114 valence electrons. The maximum absolute atomic E-state index is 12.6. The highest BCUT2D eigenvalue weighted by atomic mass is 16.2. The first kappa shape index (κ1) is 14.6. The van der Waals surface area contributed by atoms with E-state index in [4.69, 9.17) is 0 Å². The lowest BCUT2D eigenvalue weighted by atomic mass is 9.71. The number of H-pyrrole nitrogens is 1. The van der Waals surface area contributed by atoms with Crippen LogP contribution in [-0.2, 0) is 5.41 Å². The summed E-state index contributed by atoms with van der Waals surface area (Å²) in [7, 11) is 0. The summed E-state index contributed by atoms with van der Waals surface area (Å²) in [4.78, 5) is 28.3. The topological polar surface area (TPSA) is 53.2 Å². The first-order valence-corrected chi connectivity index (χ1v) is 7.60. The molecule has 4 heteroatoms. The number of rotatable bonds is 3. The third-order valence-corrected chi connectivity index (χ3v) is 4.70. The van der Waals surface area contributed by atoms with Crippen molar-refractivity contribution in [3.63, 3.8) is 0 Å². The Morgan fingerprint density at radius 1 is 1.27 bits per heavy atom. The first-order chi connectivity index (χ1) is 10.6. The molecule has 1 aromatic carbocycles. The number of aromatic nitrogens is 1. The van der Waals surface area contributed by atoms with Crippen molar-refractivity contribution in [3.8, 4) is 0 Å². The summed E-state index contributed by atoms with van der Waals surface area (Å²) < 4.78 is 0. The molecule has 0 atom stereocenters. The Morgan fingerprint density at radius 3 is 2.55 bits per heavy atom. The lowest BCUT2D eigenvalue weighted by Crippen LogP contribution is -2.61. The van der Waals surface area contributed by atoms with Gasteiger partial charge in [-0.2, -0.15) is 0 Å². The number of nitrogens with zero attached hydrogens (tertiary/aromatic N) is 1. The van der Waals surface area contributed by atoms with Crippen LogP contribution in [0.1, 0.15) is 34.8 Å². The van der Waals surface area contributed by atoms with Crippen LogP contribution in [0.4, 0.5) is 0 Å². The number of amides is 1. The van der Waals surface area contributed by atoms with E-state index in [1.165, 1.54) is 17.8 Å². The molecule has 0 unspecified atom stereocenters. The van der Waals surface area contributed by atoms with Gasteiger partial charge in [0, 0.05) is 30.8 Å². The van der Waals surface area contributed by atoms with E-state index in [2.05, 4.69) is 24.0 Å². The number of hydrogen-bond donors (Lipinski definition) is 1. The molecule has 0 bridgehead atoms. The van der Waals surface area contributed by atoms with Crippen molar-refractivity contribution in [2.75, 3.05) is 13.1 Å². The number of aryl methyl sites for hydroxylation is 1. The summed E-state index contributed by atoms with van der Waals surface area (Å²) >= 11 is 0. The molecule has 0 radical (unpaired) electrons. The average Bonchev–Trinajstić information content (AvgIpc) is 2.47. The van der Waals surface area contributed by atoms with Crippen molar-refractivity contribution in [2.24, 2.45) is 0 Å². The largest absolute Gasteiger partial charge is 0.337 e. The smallest absolute Gasteiger partial charge is 0.255 e. The summed E-state index contributed by atoms with van der Waals surface area (Å²) in [5.41, 5.74) is 2.48. The SMILES string of the molecule is CCC1(c2ccccc2)CN(C(=O)c2c[nH]c(=O)cc2C)C1. The zero-order chi connectivity index (χ0) is 15.7. The van der Waals surface area contributed by atoms with Gasteiger partial charge in [-0.05, 0) is 24.5 Å². The Morgan fingerprint density at radius 2 is 1.95 bits per heavy atom. The summed E-state index contributed by atoms with van der Waals surface area (Å²) in [5.74, 6) is -0.00578. The maximum atomic E-state index is 12.6. The molecule has 0 saturated carbocycles. The lowest BCUT2D eigenvalue weighted by molar-refractivity contribution is 0.0374. The predicted octanol–water partition coefficient (Wildman–Crippen LogP) is 2.49. The van der Waals surface area contributed by atoms with E-state index in [0.717, 1.165) is 25.1 Å². The third-order valence-electron chi connectivity index (χ3n) is 4.70. The van der Waals surface area contributed by atoms with E-state index in [-0.39, 0.29) is 16.9 Å². The molecule has 1 saturated heterocycles. The fourth-order valence-electron chi connectivity index (χ4n) is 3.20. The van der Waals surface area contributed by atoms with Crippen molar-refractivity contribution in [1.29, 1.82) is 0 Å². The Balaban J connectivity index is 1.80. The average molecular weight is 296 g/mol. The number of hydrogen-bond acceptors (Lipinski definition) is 2. The van der Waals surface area contributed by atoms with Gasteiger partial charge in [0.05, 0.1) is 5.56 Å². The van der Waals surface area contributed by atoms with Crippen LogP contribution in [0.2, 0.25) is 0 Å². The van der Waals surface area contributed by atoms with Gasteiger partial charge in [-0.3, -0.25) is 9.59 Å². The molecule has 2 aromatic rings. The van der Waals surface area contributed by atoms with Crippen LogP contribution < -0.4 is 5.56 Å². The Bertz CT molecular complexity index is 743.